The molecule has 0 fully saturated rings. The Bertz CT molecular complexity index is 1590. The molecule has 0 spiro atoms. The van der Waals surface area contributed by atoms with Crippen molar-refractivity contribution in [2.24, 2.45) is 0 Å². The molecule has 5 aromatic carbocycles. The van der Waals surface area contributed by atoms with Crippen molar-refractivity contribution in [3.05, 3.63) is 115 Å². The Hall–Kier alpha value is -4.50. The highest BCUT2D eigenvalue weighted by Gasteiger charge is 2.15. The van der Waals surface area contributed by atoms with Crippen LogP contribution in [0.25, 0.3) is 49.7 Å². The van der Waals surface area contributed by atoms with E-state index in [0.29, 0.717) is 0 Å². The van der Waals surface area contributed by atoms with Crippen LogP contribution in [-0.4, -0.2) is 18.8 Å². The van der Waals surface area contributed by atoms with Crippen molar-refractivity contribution in [3.63, 3.8) is 0 Å². The first-order chi connectivity index (χ1) is 17.7. The predicted octanol–water partition coefficient (Wildman–Crippen LogP) is 8.44. The third-order valence-corrected chi connectivity index (χ3v) is 6.97. The number of para-hydroxylation sites is 1. The molecule has 0 bridgehead atoms. The van der Waals surface area contributed by atoms with Gasteiger partial charge in [-0.25, -0.2) is 0 Å². The topological polar surface area (TPSA) is 23.4 Å². The van der Waals surface area contributed by atoms with Gasteiger partial charge in [0.1, 0.15) is 11.5 Å². The van der Waals surface area contributed by atoms with Gasteiger partial charge in [0.25, 0.3) is 0 Å². The highest BCUT2D eigenvalue weighted by molar-refractivity contribution is 6.11. The Morgan fingerprint density at radius 3 is 1.39 bits per heavy atom. The summed E-state index contributed by atoms with van der Waals surface area (Å²) < 4.78 is 13.1. The van der Waals surface area contributed by atoms with Gasteiger partial charge in [-0.15, -0.1) is 0 Å². The molecule has 1 heterocycles. The maximum absolute atomic E-state index is 5.36. The lowest BCUT2D eigenvalue weighted by atomic mass is 10.00. The van der Waals surface area contributed by atoms with Crippen LogP contribution in [0.1, 0.15) is 5.56 Å². The summed E-state index contributed by atoms with van der Waals surface area (Å²) in [6.45, 7) is 2.17. The van der Waals surface area contributed by atoms with Crippen LogP contribution in [-0.2, 0) is 0 Å². The second kappa shape index (κ2) is 8.94. The van der Waals surface area contributed by atoms with Crippen LogP contribution in [0.4, 0.5) is 0 Å². The molecule has 0 aliphatic heterocycles. The fourth-order valence-electron chi connectivity index (χ4n) is 5.02. The maximum Gasteiger partial charge on any atom is 0.118 e. The van der Waals surface area contributed by atoms with Gasteiger partial charge >= 0.3 is 0 Å². The zero-order valence-electron chi connectivity index (χ0n) is 20.7. The van der Waals surface area contributed by atoms with E-state index in [1.807, 2.05) is 24.3 Å². The molecule has 0 radical (unpaired) electrons. The molecular formula is C33H27NO2. The molecule has 3 nitrogen and oxygen atoms in total. The summed E-state index contributed by atoms with van der Waals surface area (Å²) in [4.78, 5) is 0. The number of benzene rings is 5. The molecule has 36 heavy (non-hydrogen) atoms. The highest BCUT2D eigenvalue weighted by atomic mass is 16.5. The van der Waals surface area contributed by atoms with Gasteiger partial charge in [-0.05, 0) is 89.3 Å². The highest BCUT2D eigenvalue weighted by Crippen LogP contribution is 2.38. The number of aryl methyl sites for hydroxylation is 1. The van der Waals surface area contributed by atoms with Crippen molar-refractivity contribution in [3.8, 4) is 39.4 Å². The van der Waals surface area contributed by atoms with E-state index in [9.17, 15) is 0 Å². The van der Waals surface area contributed by atoms with E-state index in [-0.39, 0.29) is 0 Å². The van der Waals surface area contributed by atoms with Gasteiger partial charge in [-0.1, -0.05) is 54.6 Å². The second-order valence-electron chi connectivity index (χ2n) is 9.04. The average molecular weight is 470 g/mol. The number of methoxy groups -OCH3 is 2. The molecule has 0 atom stereocenters. The Morgan fingerprint density at radius 1 is 0.500 bits per heavy atom. The largest absolute Gasteiger partial charge is 0.497 e. The van der Waals surface area contributed by atoms with Crippen molar-refractivity contribution in [1.29, 1.82) is 0 Å². The van der Waals surface area contributed by atoms with Gasteiger partial charge in [-0.2, -0.15) is 0 Å². The Kier molecular flexibility index (Phi) is 5.46. The third-order valence-electron chi connectivity index (χ3n) is 6.97. The van der Waals surface area contributed by atoms with Crippen LogP contribution in [0, 0.1) is 6.92 Å². The monoisotopic (exact) mass is 469 g/mol. The molecule has 176 valence electrons. The van der Waals surface area contributed by atoms with Gasteiger partial charge in [0, 0.05) is 16.5 Å². The summed E-state index contributed by atoms with van der Waals surface area (Å²) in [5.74, 6) is 1.72. The van der Waals surface area contributed by atoms with E-state index in [1.165, 1.54) is 55.3 Å². The average Bonchev–Trinajstić information content (AvgIpc) is 3.26. The van der Waals surface area contributed by atoms with E-state index in [0.717, 1.165) is 11.5 Å². The molecule has 0 aliphatic rings. The minimum absolute atomic E-state index is 0.861. The van der Waals surface area contributed by atoms with Crippen LogP contribution >= 0.6 is 0 Å². The molecule has 3 heteroatoms. The van der Waals surface area contributed by atoms with Gasteiger partial charge < -0.3 is 14.0 Å². The minimum Gasteiger partial charge on any atom is -0.497 e. The number of rotatable bonds is 5. The second-order valence-corrected chi connectivity index (χ2v) is 9.04. The summed E-state index contributed by atoms with van der Waals surface area (Å²) in [5.41, 5.74) is 9.54. The van der Waals surface area contributed by atoms with E-state index >= 15 is 0 Å². The zero-order valence-corrected chi connectivity index (χ0v) is 20.7. The Morgan fingerprint density at radius 2 is 0.944 bits per heavy atom. The Labute approximate surface area is 211 Å². The summed E-state index contributed by atoms with van der Waals surface area (Å²) in [5, 5.41) is 2.47. The van der Waals surface area contributed by atoms with Crippen LogP contribution in [0.3, 0.4) is 0 Å². The van der Waals surface area contributed by atoms with E-state index in [1.54, 1.807) is 14.2 Å². The first-order valence-electron chi connectivity index (χ1n) is 12.1. The number of hydrogen-bond acceptors (Lipinski definition) is 2. The van der Waals surface area contributed by atoms with Gasteiger partial charge in [0.05, 0.1) is 25.3 Å². The summed E-state index contributed by atoms with van der Waals surface area (Å²) in [7, 11) is 3.39. The van der Waals surface area contributed by atoms with Crippen LogP contribution in [0.2, 0.25) is 0 Å². The normalized spacial score (nSPS) is 11.2. The lowest BCUT2D eigenvalue weighted by Gasteiger charge is -2.11. The van der Waals surface area contributed by atoms with E-state index in [4.69, 9.17) is 9.47 Å². The number of fused-ring (bicyclic) bond motifs is 3. The number of nitrogens with zero attached hydrogens (tertiary/aromatic N) is 1. The van der Waals surface area contributed by atoms with Gasteiger partial charge in [-0.3, -0.25) is 0 Å². The third kappa shape index (κ3) is 3.70. The maximum atomic E-state index is 5.36. The van der Waals surface area contributed by atoms with E-state index in [2.05, 4.69) is 96.4 Å². The molecule has 0 unspecified atom stereocenters. The number of hydrogen-bond donors (Lipinski definition) is 0. The standard InChI is InChI=1S/C33H27NO2/c1-22-6-4-5-7-31(22)34-32-18-12-25(23-8-14-27(35-2)15-9-23)20-29(32)30-21-26(13-19-33(30)34)24-10-16-28(36-3)17-11-24/h4-21H,1-3H3. The van der Waals surface area contributed by atoms with E-state index < -0.39 is 0 Å². The zero-order chi connectivity index (χ0) is 24.6. The molecule has 0 amide bonds. The fourth-order valence-corrected chi connectivity index (χ4v) is 5.02. The molecule has 6 rings (SSSR count). The van der Waals surface area contributed by atoms with Crippen molar-refractivity contribution in [2.45, 2.75) is 6.92 Å². The van der Waals surface area contributed by atoms with Crippen molar-refractivity contribution in [1.82, 2.24) is 4.57 Å². The molecular weight excluding hydrogens is 442 g/mol. The molecule has 0 N–H and O–H groups in total. The SMILES string of the molecule is COc1ccc(-c2ccc3c(c2)c2cc(-c4ccc(OC)cc4)ccc2n3-c2ccccc2C)cc1. The van der Waals surface area contributed by atoms with Crippen molar-refractivity contribution < 1.29 is 9.47 Å². The van der Waals surface area contributed by atoms with Gasteiger partial charge in [0.2, 0.25) is 0 Å². The summed E-state index contributed by atoms with van der Waals surface area (Å²) in [6, 6.07) is 38.6. The van der Waals surface area contributed by atoms with Crippen LogP contribution in [0.5, 0.6) is 11.5 Å². The molecule has 0 saturated heterocycles. The number of ether oxygens (including phenoxy) is 2. The first kappa shape index (κ1) is 22.0. The van der Waals surface area contributed by atoms with Crippen LogP contribution < -0.4 is 9.47 Å². The Balaban J connectivity index is 1.60. The summed E-state index contributed by atoms with van der Waals surface area (Å²) >= 11 is 0. The minimum atomic E-state index is 0.861. The van der Waals surface area contributed by atoms with Crippen molar-refractivity contribution in [2.75, 3.05) is 14.2 Å². The molecule has 0 aliphatic carbocycles. The molecule has 1 aromatic heterocycles. The lowest BCUT2D eigenvalue weighted by molar-refractivity contribution is 0.415. The fraction of sp³-hybridized carbons (Fsp3) is 0.0909. The first-order valence-corrected chi connectivity index (χ1v) is 12.1. The van der Waals surface area contributed by atoms with Gasteiger partial charge in [0.15, 0.2) is 0 Å². The smallest absolute Gasteiger partial charge is 0.118 e. The van der Waals surface area contributed by atoms with Crippen LogP contribution in [0.15, 0.2) is 109 Å². The number of aromatic nitrogens is 1. The predicted molar refractivity (Wildman–Crippen MR) is 149 cm³/mol. The lowest BCUT2D eigenvalue weighted by Crippen LogP contribution is -1.96. The quantitative estimate of drug-likeness (QED) is 0.253. The van der Waals surface area contributed by atoms with Crippen molar-refractivity contribution >= 4 is 21.8 Å². The summed E-state index contributed by atoms with van der Waals surface area (Å²) in [6.07, 6.45) is 0. The molecule has 0 saturated carbocycles. The molecule has 6 aromatic rings.